The lowest BCUT2D eigenvalue weighted by Gasteiger charge is -2.13. The van der Waals surface area contributed by atoms with E-state index in [0.29, 0.717) is 12.3 Å². The molecule has 1 aromatic carbocycles. The first-order valence-corrected chi connectivity index (χ1v) is 7.87. The predicted octanol–water partition coefficient (Wildman–Crippen LogP) is 2.21. The maximum absolute atomic E-state index is 11.5. The largest absolute Gasteiger partial charge is 0.356 e. The number of nitrogens with one attached hydrogen (secondary N) is 1. The van der Waals surface area contributed by atoms with Gasteiger partial charge in [0.05, 0.1) is 0 Å². The zero-order valence-electron chi connectivity index (χ0n) is 12.2. The molecule has 0 fully saturated rings. The summed E-state index contributed by atoms with van der Waals surface area (Å²) >= 11 is 0. The summed E-state index contributed by atoms with van der Waals surface area (Å²) < 4.78 is 0. The quantitative estimate of drug-likeness (QED) is 0.872. The van der Waals surface area contributed by atoms with Crippen molar-refractivity contribution in [2.45, 2.75) is 51.4 Å². The van der Waals surface area contributed by atoms with E-state index in [2.05, 4.69) is 29.6 Å². The fourth-order valence-corrected chi connectivity index (χ4v) is 3.60. The Labute approximate surface area is 120 Å². The average molecular weight is 269 g/mol. The van der Waals surface area contributed by atoms with Gasteiger partial charge in [-0.15, -0.1) is 0 Å². The SMILES string of the molecule is CCCC(=O)NCCC1CC2=c3c1cccc3=CCC2. The van der Waals surface area contributed by atoms with E-state index in [-0.39, 0.29) is 5.91 Å². The van der Waals surface area contributed by atoms with E-state index in [1.54, 1.807) is 5.57 Å². The Morgan fingerprint density at radius 3 is 3.15 bits per heavy atom. The monoisotopic (exact) mass is 269 g/mol. The molecule has 1 amide bonds. The van der Waals surface area contributed by atoms with Gasteiger partial charge in [0.2, 0.25) is 5.91 Å². The molecule has 2 nitrogen and oxygen atoms in total. The van der Waals surface area contributed by atoms with Crippen LogP contribution in [0.3, 0.4) is 0 Å². The van der Waals surface area contributed by atoms with Crippen LogP contribution in [0.15, 0.2) is 18.2 Å². The molecule has 2 aliphatic rings. The minimum absolute atomic E-state index is 0.196. The second kappa shape index (κ2) is 5.82. The summed E-state index contributed by atoms with van der Waals surface area (Å²) in [7, 11) is 0. The molecule has 1 unspecified atom stereocenters. The molecule has 20 heavy (non-hydrogen) atoms. The topological polar surface area (TPSA) is 29.1 Å². The molecule has 2 heteroatoms. The first-order chi connectivity index (χ1) is 9.79. The van der Waals surface area contributed by atoms with Crippen molar-refractivity contribution in [1.29, 1.82) is 0 Å². The standard InChI is InChI=1S/C18H23NO/c1-2-5-17(20)19-11-10-14-12-15-8-3-6-13-7-4-9-16(14)18(13)15/h4,6-7,9,14H,2-3,5,8,10-12H2,1H3,(H,19,20). The van der Waals surface area contributed by atoms with Gasteiger partial charge in [-0.1, -0.05) is 36.8 Å². The van der Waals surface area contributed by atoms with Crippen molar-refractivity contribution in [3.63, 3.8) is 0 Å². The van der Waals surface area contributed by atoms with Crippen LogP contribution in [-0.2, 0) is 4.79 Å². The lowest BCUT2D eigenvalue weighted by atomic mass is 9.96. The van der Waals surface area contributed by atoms with E-state index in [0.717, 1.165) is 19.4 Å². The van der Waals surface area contributed by atoms with Crippen molar-refractivity contribution < 1.29 is 4.79 Å². The number of carbonyl (C=O) groups excluding carboxylic acids is 1. The van der Waals surface area contributed by atoms with Crippen LogP contribution in [0, 0.1) is 0 Å². The molecule has 1 N–H and O–H groups in total. The first-order valence-electron chi connectivity index (χ1n) is 7.87. The Kier molecular flexibility index (Phi) is 3.90. The molecule has 0 bridgehead atoms. The van der Waals surface area contributed by atoms with Crippen LogP contribution in [0.5, 0.6) is 0 Å². The molecule has 0 aliphatic heterocycles. The van der Waals surface area contributed by atoms with Gasteiger partial charge in [0, 0.05) is 13.0 Å². The minimum Gasteiger partial charge on any atom is -0.356 e. The number of amides is 1. The molecule has 0 saturated carbocycles. The summed E-state index contributed by atoms with van der Waals surface area (Å²) in [5.74, 6) is 0.801. The third-order valence-electron chi connectivity index (χ3n) is 4.52. The van der Waals surface area contributed by atoms with Gasteiger partial charge in [-0.05, 0) is 54.0 Å². The summed E-state index contributed by atoms with van der Waals surface area (Å²) in [5, 5.41) is 6.01. The predicted molar refractivity (Wildman–Crippen MR) is 82.7 cm³/mol. The molecule has 2 aliphatic carbocycles. The van der Waals surface area contributed by atoms with Crippen LogP contribution in [0.25, 0.3) is 11.6 Å². The van der Waals surface area contributed by atoms with Gasteiger partial charge in [-0.2, -0.15) is 0 Å². The normalized spacial score (nSPS) is 19.4. The highest BCUT2D eigenvalue weighted by molar-refractivity contribution is 5.75. The second-order valence-corrected chi connectivity index (χ2v) is 5.95. The summed E-state index contributed by atoms with van der Waals surface area (Å²) in [4.78, 5) is 11.5. The fourth-order valence-electron chi connectivity index (χ4n) is 3.60. The van der Waals surface area contributed by atoms with E-state index in [1.165, 1.54) is 35.3 Å². The van der Waals surface area contributed by atoms with Crippen LogP contribution in [-0.4, -0.2) is 12.5 Å². The lowest BCUT2D eigenvalue weighted by Crippen LogP contribution is -2.30. The van der Waals surface area contributed by atoms with Crippen LogP contribution in [0.4, 0.5) is 0 Å². The Morgan fingerprint density at radius 2 is 2.30 bits per heavy atom. The lowest BCUT2D eigenvalue weighted by molar-refractivity contribution is -0.121. The number of hydrogen-bond acceptors (Lipinski definition) is 1. The third-order valence-corrected chi connectivity index (χ3v) is 4.52. The van der Waals surface area contributed by atoms with Crippen molar-refractivity contribution in [2.75, 3.05) is 6.54 Å². The van der Waals surface area contributed by atoms with Crippen molar-refractivity contribution >= 4 is 17.6 Å². The van der Waals surface area contributed by atoms with Crippen LogP contribution >= 0.6 is 0 Å². The highest BCUT2D eigenvalue weighted by Crippen LogP contribution is 2.32. The highest BCUT2D eigenvalue weighted by atomic mass is 16.1. The summed E-state index contributed by atoms with van der Waals surface area (Å²) in [6, 6.07) is 6.70. The van der Waals surface area contributed by atoms with E-state index in [1.807, 2.05) is 6.92 Å². The molecule has 0 aromatic heterocycles. The van der Waals surface area contributed by atoms with E-state index >= 15 is 0 Å². The zero-order chi connectivity index (χ0) is 13.9. The maximum Gasteiger partial charge on any atom is 0.219 e. The first kappa shape index (κ1) is 13.4. The second-order valence-electron chi connectivity index (χ2n) is 5.95. The molecule has 0 spiro atoms. The zero-order valence-corrected chi connectivity index (χ0v) is 12.2. The van der Waals surface area contributed by atoms with Gasteiger partial charge in [0.25, 0.3) is 0 Å². The van der Waals surface area contributed by atoms with Crippen LogP contribution in [0.2, 0.25) is 0 Å². The van der Waals surface area contributed by atoms with Gasteiger partial charge >= 0.3 is 0 Å². The maximum atomic E-state index is 11.5. The Hall–Kier alpha value is -1.57. The Balaban J connectivity index is 1.68. The molecule has 0 saturated heterocycles. The third kappa shape index (κ3) is 2.52. The van der Waals surface area contributed by atoms with Gasteiger partial charge in [0.15, 0.2) is 0 Å². The molecule has 0 heterocycles. The fraction of sp³-hybridized carbons (Fsp3) is 0.500. The molecular weight excluding hydrogens is 246 g/mol. The van der Waals surface area contributed by atoms with Crippen molar-refractivity contribution in [1.82, 2.24) is 5.32 Å². The van der Waals surface area contributed by atoms with Gasteiger partial charge in [-0.3, -0.25) is 4.79 Å². The van der Waals surface area contributed by atoms with Gasteiger partial charge < -0.3 is 5.32 Å². The van der Waals surface area contributed by atoms with Crippen LogP contribution < -0.4 is 15.8 Å². The molecule has 0 radical (unpaired) electrons. The van der Waals surface area contributed by atoms with Gasteiger partial charge in [-0.25, -0.2) is 0 Å². The molecule has 106 valence electrons. The number of benzene rings is 1. The molecule has 1 aromatic rings. The smallest absolute Gasteiger partial charge is 0.219 e. The van der Waals surface area contributed by atoms with Crippen molar-refractivity contribution in [3.8, 4) is 0 Å². The Bertz CT molecular complexity index is 629. The number of hydrogen-bond donors (Lipinski definition) is 1. The van der Waals surface area contributed by atoms with Crippen LogP contribution in [0.1, 0.15) is 56.9 Å². The molecule has 1 atom stereocenters. The molecule has 3 rings (SSSR count). The minimum atomic E-state index is 0.196. The summed E-state index contributed by atoms with van der Waals surface area (Å²) in [6.45, 7) is 2.85. The van der Waals surface area contributed by atoms with Crippen molar-refractivity contribution in [2.24, 2.45) is 0 Å². The van der Waals surface area contributed by atoms with E-state index in [9.17, 15) is 4.79 Å². The van der Waals surface area contributed by atoms with Crippen molar-refractivity contribution in [3.05, 3.63) is 34.2 Å². The number of rotatable bonds is 5. The number of carbonyl (C=O) groups is 1. The Morgan fingerprint density at radius 1 is 1.40 bits per heavy atom. The summed E-state index contributed by atoms with van der Waals surface area (Å²) in [6.07, 6.45) is 8.62. The van der Waals surface area contributed by atoms with Gasteiger partial charge in [0.1, 0.15) is 0 Å². The highest BCUT2D eigenvalue weighted by Gasteiger charge is 2.24. The van der Waals surface area contributed by atoms with E-state index < -0.39 is 0 Å². The van der Waals surface area contributed by atoms with E-state index in [4.69, 9.17) is 0 Å². The summed E-state index contributed by atoms with van der Waals surface area (Å²) in [5.41, 5.74) is 3.15. The average Bonchev–Trinajstić information content (AvgIpc) is 2.80. The molecular formula is C18H23NO.